The van der Waals surface area contributed by atoms with E-state index >= 15 is 0 Å². The highest BCUT2D eigenvalue weighted by molar-refractivity contribution is 6.31. The number of aliphatic hydroxyl groups excluding tert-OH is 3. The summed E-state index contributed by atoms with van der Waals surface area (Å²) in [6.45, 7) is 3.48. The van der Waals surface area contributed by atoms with Crippen LogP contribution in [0.3, 0.4) is 0 Å². The number of benzene rings is 1. The van der Waals surface area contributed by atoms with Gasteiger partial charge in [0.25, 0.3) is 5.91 Å². The molecule has 0 aliphatic carbocycles. The smallest absolute Gasteiger partial charge is 0.280 e. The second kappa shape index (κ2) is 21.9. The van der Waals surface area contributed by atoms with Crippen LogP contribution in [-0.2, 0) is 16.0 Å². The number of guanidine groups is 1. The number of unbranched alkanes of at least 4 members (excludes halogenated alkanes) is 4. The van der Waals surface area contributed by atoms with Crippen LogP contribution in [0.15, 0.2) is 29.3 Å². The number of nitrogen functional groups attached to an aromatic ring is 2. The van der Waals surface area contributed by atoms with Gasteiger partial charge in [-0.1, -0.05) is 49.9 Å². The number of anilines is 2. The van der Waals surface area contributed by atoms with Crippen molar-refractivity contribution in [3.8, 4) is 5.75 Å². The number of nitrogens with zero attached hydrogens (tertiary/aromatic N) is 4. The standard InChI is InChI=1S/C32H49ClN8O7/c1-2-3-4-7-14-41(17-25(45)24(20-44)27(46)22(18-42)19-43)15-16-48-23-11-9-21(10-12-23)8-5-6-13-37-32(36)40-31(47)26-29(34)39-30(35)28(33)38-26/h9-12,18,20,22,24-25,27,43,45-46H,2-8,13-17,19H2,1H3,(H4,34,35,39)(H3,36,37,40,47)/t22-,24+,25+,27-/m0/s1. The minimum atomic E-state index is -1.48. The zero-order valence-electron chi connectivity index (χ0n) is 27.3. The summed E-state index contributed by atoms with van der Waals surface area (Å²) >= 11 is 5.81. The van der Waals surface area contributed by atoms with Crippen molar-refractivity contribution < 1.29 is 34.4 Å². The molecule has 0 radical (unpaired) electrons. The van der Waals surface area contributed by atoms with E-state index in [0.717, 1.165) is 50.5 Å². The van der Waals surface area contributed by atoms with Crippen molar-refractivity contribution in [3.05, 3.63) is 40.7 Å². The van der Waals surface area contributed by atoms with Crippen LogP contribution >= 0.6 is 11.6 Å². The van der Waals surface area contributed by atoms with Gasteiger partial charge in [0.05, 0.1) is 30.7 Å². The van der Waals surface area contributed by atoms with Gasteiger partial charge in [0.15, 0.2) is 28.4 Å². The fourth-order valence-corrected chi connectivity index (χ4v) is 4.99. The molecule has 1 aromatic carbocycles. The molecule has 10 N–H and O–H groups in total. The Bertz CT molecular complexity index is 1320. The number of nitrogens with two attached hydrogens (primary N) is 3. The quantitative estimate of drug-likeness (QED) is 0.0371. The first-order valence-electron chi connectivity index (χ1n) is 16.1. The maximum absolute atomic E-state index is 12.3. The number of halogens is 1. The van der Waals surface area contributed by atoms with E-state index in [1.54, 1.807) is 0 Å². The number of amides is 1. The van der Waals surface area contributed by atoms with Crippen LogP contribution in [0.4, 0.5) is 11.6 Å². The third-order valence-electron chi connectivity index (χ3n) is 7.71. The van der Waals surface area contributed by atoms with Gasteiger partial charge in [-0.25, -0.2) is 9.97 Å². The van der Waals surface area contributed by atoms with Gasteiger partial charge in [-0.15, -0.1) is 0 Å². The lowest BCUT2D eigenvalue weighted by Gasteiger charge is -2.30. The second-order valence-electron chi connectivity index (χ2n) is 11.4. The van der Waals surface area contributed by atoms with E-state index in [-0.39, 0.29) is 35.0 Å². The third-order valence-corrected chi connectivity index (χ3v) is 7.99. The molecule has 1 amide bonds. The molecule has 2 aromatic rings. The number of carbonyl (C=O) groups is 3. The minimum absolute atomic E-state index is 0.0842. The van der Waals surface area contributed by atoms with Crippen LogP contribution in [0.5, 0.6) is 5.75 Å². The van der Waals surface area contributed by atoms with Gasteiger partial charge in [0.1, 0.15) is 24.9 Å². The Morgan fingerprint density at radius 3 is 2.42 bits per heavy atom. The van der Waals surface area contributed by atoms with Gasteiger partial charge in [-0.3, -0.25) is 20.0 Å². The maximum atomic E-state index is 12.3. The fraction of sp³-hybridized carbons (Fsp3) is 0.562. The molecule has 266 valence electrons. The van der Waals surface area contributed by atoms with Crippen LogP contribution < -0.4 is 27.3 Å². The molecule has 2 rings (SSSR count). The molecule has 1 heterocycles. The highest BCUT2D eigenvalue weighted by atomic mass is 35.5. The summed E-state index contributed by atoms with van der Waals surface area (Å²) in [6.07, 6.45) is 4.55. The van der Waals surface area contributed by atoms with E-state index < -0.39 is 36.6 Å². The number of aryl methyl sites for hydroxylation is 1. The average Bonchev–Trinajstić information content (AvgIpc) is 3.06. The highest BCUT2D eigenvalue weighted by Gasteiger charge is 2.33. The lowest BCUT2D eigenvalue weighted by Crippen LogP contribution is -2.46. The molecule has 1 aromatic heterocycles. The monoisotopic (exact) mass is 692 g/mol. The predicted molar refractivity (Wildman–Crippen MR) is 183 cm³/mol. The summed E-state index contributed by atoms with van der Waals surface area (Å²) in [6, 6.07) is 7.71. The van der Waals surface area contributed by atoms with Crippen LogP contribution in [0.1, 0.15) is 61.5 Å². The van der Waals surface area contributed by atoms with Gasteiger partial charge < -0.3 is 46.8 Å². The molecule has 0 aliphatic rings. The van der Waals surface area contributed by atoms with Crippen molar-refractivity contribution in [2.45, 2.75) is 64.1 Å². The number of aldehydes is 2. The molecular weight excluding hydrogens is 644 g/mol. The number of ether oxygens (including phenoxy) is 1. The van der Waals surface area contributed by atoms with Crippen LogP contribution in [0, 0.1) is 11.8 Å². The van der Waals surface area contributed by atoms with Gasteiger partial charge in [0, 0.05) is 19.6 Å². The molecule has 15 nitrogen and oxygen atoms in total. The lowest BCUT2D eigenvalue weighted by atomic mass is 9.88. The number of hydrogen-bond acceptors (Lipinski definition) is 13. The molecule has 0 fully saturated rings. The summed E-state index contributed by atoms with van der Waals surface area (Å²) in [4.78, 5) is 48.9. The zero-order chi connectivity index (χ0) is 35.5. The zero-order valence-corrected chi connectivity index (χ0v) is 28.1. The third kappa shape index (κ3) is 13.7. The molecule has 4 atom stereocenters. The average molecular weight is 693 g/mol. The van der Waals surface area contributed by atoms with Gasteiger partial charge in [-0.2, -0.15) is 0 Å². The van der Waals surface area contributed by atoms with Crippen LogP contribution in [0.25, 0.3) is 0 Å². The molecule has 0 saturated heterocycles. The van der Waals surface area contributed by atoms with Crippen molar-refractivity contribution in [1.29, 1.82) is 0 Å². The normalized spacial score (nSPS) is 14.2. The number of rotatable bonds is 23. The SMILES string of the molecule is CCCCCCN(CCOc1ccc(CCCCN=C(N)NC(=O)c2nc(Cl)c(N)nc2N)cc1)C[C@@H](O)[C@@H](C=O)[C@@H](O)[C@@H](C=O)CO. The Kier molecular flexibility index (Phi) is 18.4. The second-order valence-corrected chi connectivity index (χ2v) is 11.8. The van der Waals surface area contributed by atoms with Crippen molar-refractivity contribution in [1.82, 2.24) is 20.2 Å². The Balaban J connectivity index is 1.80. The predicted octanol–water partition coefficient (Wildman–Crippen LogP) is 0.967. The first-order chi connectivity index (χ1) is 23.0. The molecule has 0 spiro atoms. The highest BCUT2D eigenvalue weighted by Crippen LogP contribution is 2.18. The Morgan fingerprint density at radius 2 is 1.77 bits per heavy atom. The van der Waals surface area contributed by atoms with E-state index in [4.69, 9.17) is 33.5 Å². The number of hydrogen-bond donors (Lipinski definition) is 7. The number of aliphatic imine (C=N–C) groups is 1. The minimum Gasteiger partial charge on any atom is -0.492 e. The number of carbonyl (C=O) groups excluding carboxylic acids is 3. The largest absolute Gasteiger partial charge is 0.492 e. The topological polar surface area (TPSA) is 253 Å². The summed E-state index contributed by atoms with van der Waals surface area (Å²) in [7, 11) is 0. The van der Waals surface area contributed by atoms with Crippen molar-refractivity contribution in [3.63, 3.8) is 0 Å². The Labute approximate surface area is 285 Å². The lowest BCUT2D eigenvalue weighted by molar-refractivity contribution is -0.127. The number of nitrogens with one attached hydrogen (secondary N) is 1. The van der Waals surface area contributed by atoms with E-state index in [1.165, 1.54) is 0 Å². The number of aromatic nitrogens is 2. The van der Waals surface area contributed by atoms with E-state index in [1.807, 2.05) is 29.2 Å². The fourth-order valence-electron chi connectivity index (χ4n) is 4.87. The molecule has 0 aliphatic heterocycles. The van der Waals surface area contributed by atoms with Gasteiger partial charge in [0.2, 0.25) is 0 Å². The van der Waals surface area contributed by atoms with Crippen molar-refractivity contribution >= 4 is 47.7 Å². The summed E-state index contributed by atoms with van der Waals surface area (Å²) in [5.41, 5.74) is 17.9. The first-order valence-corrected chi connectivity index (χ1v) is 16.4. The van der Waals surface area contributed by atoms with Crippen LogP contribution in [0.2, 0.25) is 5.15 Å². The van der Waals surface area contributed by atoms with Crippen molar-refractivity contribution in [2.75, 3.05) is 50.9 Å². The molecule has 16 heteroatoms. The number of aliphatic hydroxyl groups is 3. The molecule has 0 saturated carbocycles. The molecule has 48 heavy (non-hydrogen) atoms. The van der Waals surface area contributed by atoms with Gasteiger partial charge >= 0.3 is 0 Å². The molecular formula is C32H49ClN8O7. The van der Waals surface area contributed by atoms with Gasteiger partial charge in [-0.05, 0) is 49.9 Å². The van der Waals surface area contributed by atoms with Crippen molar-refractivity contribution in [2.24, 2.45) is 22.6 Å². The summed E-state index contributed by atoms with van der Waals surface area (Å²) in [5.74, 6) is -2.71. The summed E-state index contributed by atoms with van der Waals surface area (Å²) in [5, 5.41) is 32.7. The Hall–Kier alpha value is -3.89. The van der Waals surface area contributed by atoms with E-state index in [2.05, 4.69) is 27.2 Å². The van der Waals surface area contributed by atoms with E-state index in [9.17, 15) is 29.7 Å². The Morgan fingerprint density at radius 1 is 1.04 bits per heavy atom. The molecule has 0 unspecified atom stereocenters. The summed E-state index contributed by atoms with van der Waals surface area (Å²) < 4.78 is 5.94. The van der Waals surface area contributed by atoms with E-state index in [0.29, 0.717) is 44.6 Å². The molecule has 0 bridgehead atoms. The van der Waals surface area contributed by atoms with Crippen LogP contribution in [-0.4, -0.2) is 106 Å². The maximum Gasteiger partial charge on any atom is 0.280 e. The first kappa shape index (κ1) is 40.3.